The van der Waals surface area contributed by atoms with Crippen molar-refractivity contribution in [2.45, 2.75) is 0 Å². The normalized spacial score (nSPS) is 10.2. The van der Waals surface area contributed by atoms with Gasteiger partial charge in [-0.1, -0.05) is 18.2 Å². The molecule has 2 N–H and O–H groups in total. The molecule has 0 aromatic heterocycles. The molecule has 5 nitrogen and oxygen atoms in total. The molecule has 2 rings (SSSR count). The molecule has 0 aliphatic heterocycles. The van der Waals surface area contributed by atoms with Gasteiger partial charge in [0, 0.05) is 31.9 Å². The first-order valence-electron chi connectivity index (χ1n) is 7.56. The van der Waals surface area contributed by atoms with Crippen LogP contribution in [-0.2, 0) is 0 Å². The van der Waals surface area contributed by atoms with Gasteiger partial charge in [0.15, 0.2) is 0 Å². The van der Waals surface area contributed by atoms with Crippen LogP contribution in [0.5, 0.6) is 5.75 Å². The van der Waals surface area contributed by atoms with Gasteiger partial charge in [0.2, 0.25) is 0 Å². The van der Waals surface area contributed by atoms with E-state index < -0.39 is 0 Å². The highest BCUT2D eigenvalue weighted by Crippen LogP contribution is 2.24. The van der Waals surface area contributed by atoms with Crippen LogP contribution in [0, 0.1) is 0 Å². The Morgan fingerprint density at radius 1 is 1.17 bits per heavy atom. The highest BCUT2D eigenvalue weighted by Gasteiger charge is 2.15. The summed E-state index contributed by atoms with van der Waals surface area (Å²) in [5.74, 6) is 0.760. The Balaban J connectivity index is 2.21. The quantitative estimate of drug-likeness (QED) is 0.825. The van der Waals surface area contributed by atoms with Crippen molar-refractivity contribution in [1.82, 2.24) is 10.2 Å². The fourth-order valence-electron chi connectivity index (χ4n) is 2.22. The molecule has 0 fully saturated rings. The molecule has 0 bridgehead atoms. The number of nitrogens with one attached hydrogen (secondary N) is 2. The summed E-state index contributed by atoms with van der Waals surface area (Å²) in [7, 11) is 5.31. The van der Waals surface area contributed by atoms with E-state index in [0.29, 0.717) is 12.1 Å². The Labute approximate surface area is 137 Å². The summed E-state index contributed by atoms with van der Waals surface area (Å²) in [4.78, 5) is 14.3. The fraction of sp³-hybridized carbons (Fsp3) is 0.278. The lowest BCUT2D eigenvalue weighted by atomic mass is 10.1. The zero-order chi connectivity index (χ0) is 16.7. The molecular formula is C18H23N3O2. The van der Waals surface area contributed by atoms with Crippen LogP contribution in [0.4, 0.5) is 11.4 Å². The molecule has 0 spiro atoms. The molecule has 0 saturated heterocycles. The molecule has 23 heavy (non-hydrogen) atoms. The minimum Gasteiger partial charge on any atom is -0.497 e. The Hall–Kier alpha value is -2.53. The number of para-hydroxylation sites is 1. The van der Waals surface area contributed by atoms with Gasteiger partial charge in [0.25, 0.3) is 5.91 Å². The second kappa shape index (κ2) is 8.19. The summed E-state index contributed by atoms with van der Waals surface area (Å²) in [6.07, 6.45) is 0. The summed E-state index contributed by atoms with van der Waals surface area (Å²) >= 11 is 0. The van der Waals surface area contributed by atoms with E-state index in [1.165, 1.54) is 0 Å². The third-order valence-electron chi connectivity index (χ3n) is 3.55. The molecule has 0 atom stereocenters. The Morgan fingerprint density at radius 3 is 2.70 bits per heavy atom. The smallest absolute Gasteiger partial charge is 0.255 e. The third kappa shape index (κ3) is 4.47. The van der Waals surface area contributed by atoms with Crippen LogP contribution in [0.25, 0.3) is 0 Å². The van der Waals surface area contributed by atoms with E-state index in [1.807, 2.05) is 62.6 Å². The highest BCUT2D eigenvalue weighted by molar-refractivity contribution is 6.00. The predicted molar refractivity (Wildman–Crippen MR) is 93.6 cm³/mol. The van der Waals surface area contributed by atoms with Crippen LogP contribution in [0.15, 0.2) is 48.5 Å². The van der Waals surface area contributed by atoms with Crippen molar-refractivity contribution >= 4 is 17.3 Å². The summed E-state index contributed by atoms with van der Waals surface area (Å²) in [6, 6.07) is 15.1. The lowest BCUT2D eigenvalue weighted by Crippen LogP contribution is -2.33. The van der Waals surface area contributed by atoms with Gasteiger partial charge in [-0.25, -0.2) is 0 Å². The van der Waals surface area contributed by atoms with Crippen molar-refractivity contribution in [3.63, 3.8) is 0 Å². The van der Waals surface area contributed by atoms with Crippen LogP contribution < -0.4 is 15.4 Å². The van der Waals surface area contributed by atoms with Gasteiger partial charge in [0.05, 0.1) is 18.4 Å². The number of likely N-dealkylation sites (N-methyl/N-ethyl adjacent to an activating group) is 2. The van der Waals surface area contributed by atoms with Gasteiger partial charge in [-0.15, -0.1) is 0 Å². The highest BCUT2D eigenvalue weighted by atomic mass is 16.5. The number of anilines is 2. The monoisotopic (exact) mass is 313 g/mol. The summed E-state index contributed by atoms with van der Waals surface area (Å²) < 4.78 is 5.23. The molecule has 1 amide bonds. The number of ether oxygens (including phenoxy) is 1. The van der Waals surface area contributed by atoms with Gasteiger partial charge in [0.1, 0.15) is 5.75 Å². The van der Waals surface area contributed by atoms with Crippen molar-refractivity contribution in [2.75, 3.05) is 39.6 Å². The van der Waals surface area contributed by atoms with Crippen LogP contribution >= 0.6 is 0 Å². The molecule has 2 aromatic rings. The van der Waals surface area contributed by atoms with E-state index in [4.69, 9.17) is 4.74 Å². The molecule has 2 aromatic carbocycles. The number of nitrogens with zero attached hydrogens (tertiary/aromatic N) is 1. The second-order valence-electron chi connectivity index (χ2n) is 5.23. The Bertz CT molecular complexity index is 658. The van der Waals surface area contributed by atoms with Crippen molar-refractivity contribution in [3.8, 4) is 5.75 Å². The Morgan fingerprint density at radius 2 is 1.96 bits per heavy atom. The maximum absolute atomic E-state index is 12.6. The van der Waals surface area contributed by atoms with Crippen LogP contribution in [-0.4, -0.2) is 45.1 Å². The lowest BCUT2D eigenvalue weighted by Gasteiger charge is -2.19. The number of amides is 1. The van der Waals surface area contributed by atoms with E-state index >= 15 is 0 Å². The predicted octanol–water partition coefficient (Wildman–Crippen LogP) is 2.73. The largest absolute Gasteiger partial charge is 0.497 e. The second-order valence-corrected chi connectivity index (χ2v) is 5.23. The third-order valence-corrected chi connectivity index (χ3v) is 3.55. The van der Waals surface area contributed by atoms with E-state index in [2.05, 4.69) is 10.6 Å². The number of methoxy groups -OCH3 is 1. The maximum Gasteiger partial charge on any atom is 0.255 e. The molecule has 122 valence electrons. The fourth-order valence-corrected chi connectivity index (χ4v) is 2.22. The number of hydrogen-bond acceptors (Lipinski definition) is 4. The van der Waals surface area contributed by atoms with Crippen LogP contribution in [0.2, 0.25) is 0 Å². The number of rotatable bonds is 7. The summed E-state index contributed by atoms with van der Waals surface area (Å²) in [5.41, 5.74) is 2.30. The van der Waals surface area contributed by atoms with Gasteiger partial charge < -0.3 is 20.3 Å². The molecule has 0 aliphatic carbocycles. The minimum atomic E-state index is -0.00811. The van der Waals surface area contributed by atoms with E-state index in [-0.39, 0.29) is 5.91 Å². The number of carbonyl (C=O) groups is 1. The van der Waals surface area contributed by atoms with Crippen molar-refractivity contribution in [3.05, 3.63) is 54.1 Å². The van der Waals surface area contributed by atoms with Crippen LogP contribution in [0.3, 0.4) is 0 Å². The van der Waals surface area contributed by atoms with E-state index in [1.54, 1.807) is 12.0 Å². The first kappa shape index (κ1) is 16.8. The van der Waals surface area contributed by atoms with Gasteiger partial charge in [-0.05, 0) is 31.3 Å². The molecule has 0 radical (unpaired) electrons. The van der Waals surface area contributed by atoms with E-state index in [9.17, 15) is 4.79 Å². The topological polar surface area (TPSA) is 53.6 Å². The molecule has 5 heteroatoms. The van der Waals surface area contributed by atoms with Crippen molar-refractivity contribution < 1.29 is 9.53 Å². The average Bonchev–Trinajstić information content (AvgIpc) is 2.59. The molecule has 0 heterocycles. The Kier molecular flexibility index (Phi) is 6.00. The molecule has 0 unspecified atom stereocenters. The van der Waals surface area contributed by atoms with Gasteiger partial charge >= 0.3 is 0 Å². The first-order valence-corrected chi connectivity index (χ1v) is 7.56. The SMILES string of the molecule is CNCCN(C)C(=O)c1ccccc1Nc1cccc(OC)c1. The molecule has 0 saturated carbocycles. The first-order chi connectivity index (χ1) is 11.2. The van der Waals surface area contributed by atoms with Gasteiger partial charge in [-0.3, -0.25) is 4.79 Å². The number of hydrogen-bond donors (Lipinski definition) is 2. The number of benzene rings is 2. The summed E-state index contributed by atoms with van der Waals surface area (Å²) in [5, 5.41) is 6.34. The van der Waals surface area contributed by atoms with Crippen molar-refractivity contribution in [2.24, 2.45) is 0 Å². The molecular weight excluding hydrogens is 290 g/mol. The molecule has 0 aliphatic rings. The van der Waals surface area contributed by atoms with Crippen LogP contribution in [0.1, 0.15) is 10.4 Å². The zero-order valence-electron chi connectivity index (χ0n) is 13.8. The maximum atomic E-state index is 12.6. The van der Waals surface area contributed by atoms with E-state index in [0.717, 1.165) is 23.7 Å². The minimum absolute atomic E-state index is 0.00811. The summed E-state index contributed by atoms with van der Waals surface area (Å²) in [6.45, 7) is 1.41. The average molecular weight is 313 g/mol. The van der Waals surface area contributed by atoms with Gasteiger partial charge in [-0.2, -0.15) is 0 Å². The standard InChI is InChI=1S/C18H23N3O2/c1-19-11-12-21(2)18(22)16-9-4-5-10-17(16)20-14-7-6-8-15(13-14)23-3/h4-10,13,19-20H,11-12H2,1-3H3. The van der Waals surface area contributed by atoms with Crippen molar-refractivity contribution in [1.29, 1.82) is 0 Å². The zero-order valence-corrected chi connectivity index (χ0v) is 13.8. The number of carbonyl (C=O) groups excluding carboxylic acids is 1. The lowest BCUT2D eigenvalue weighted by molar-refractivity contribution is 0.0798.